The zero-order valence-electron chi connectivity index (χ0n) is 10.1. The highest BCUT2D eigenvalue weighted by atomic mass is 35.5. The van der Waals surface area contributed by atoms with Gasteiger partial charge in [-0.05, 0) is 47.3 Å². The van der Waals surface area contributed by atoms with Crippen LogP contribution in [0.2, 0.25) is 10.0 Å². The number of rotatable bonds is 3. The Morgan fingerprint density at radius 2 is 1.89 bits per heavy atom. The molecule has 4 heteroatoms. The lowest BCUT2D eigenvalue weighted by molar-refractivity contribution is 1.15. The van der Waals surface area contributed by atoms with Crippen molar-refractivity contribution in [1.82, 2.24) is 4.98 Å². The van der Waals surface area contributed by atoms with E-state index in [4.69, 9.17) is 23.2 Å². The molecule has 0 unspecified atom stereocenters. The van der Waals surface area contributed by atoms with Gasteiger partial charge in [0.1, 0.15) is 0 Å². The Morgan fingerprint density at radius 3 is 2.74 bits per heavy atom. The molecule has 0 saturated heterocycles. The van der Waals surface area contributed by atoms with E-state index in [0.717, 1.165) is 17.7 Å². The highest BCUT2D eigenvalue weighted by Gasteiger charge is 2.02. The van der Waals surface area contributed by atoms with E-state index in [2.05, 4.69) is 34.6 Å². The number of hydrogen-bond acceptors (Lipinski definition) is 1. The topological polar surface area (TPSA) is 27.8 Å². The molecule has 3 rings (SSSR count). The Hall–Kier alpha value is -1.64. The molecule has 2 aromatic carbocycles. The molecule has 0 atom stereocenters. The third kappa shape index (κ3) is 2.70. The predicted molar refractivity (Wildman–Crippen MR) is 82.1 cm³/mol. The van der Waals surface area contributed by atoms with Crippen LogP contribution in [0.1, 0.15) is 5.56 Å². The maximum atomic E-state index is 6.12. The van der Waals surface area contributed by atoms with Crippen LogP contribution in [0.3, 0.4) is 0 Å². The van der Waals surface area contributed by atoms with E-state index in [-0.39, 0.29) is 0 Å². The van der Waals surface area contributed by atoms with Gasteiger partial charge in [0, 0.05) is 23.3 Å². The second-order valence-electron chi connectivity index (χ2n) is 4.38. The Kier molecular flexibility index (Phi) is 3.36. The molecule has 1 heterocycles. The largest absolute Gasteiger partial charge is 0.380 e. The summed E-state index contributed by atoms with van der Waals surface area (Å²) in [5, 5.41) is 5.80. The second kappa shape index (κ2) is 5.16. The summed E-state index contributed by atoms with van der Waals surface area (Å²) in [6.07, 6.45) is 1.94. The van der Waals surface area contributed by atoms with Gasteiger partial charge >= 0.3 is 0 Å². The maximum absolute atomic E-state index is 6.12. The Labute approximate surface area is 121 Å². The summed E-state index contributed by atoms with van der Waals surface area (Å²) in [5.74, 6) is 0. The number of aromatic nitrogens is 1. The number of halogens is 2. The van der Waals surface area contributed by atoms with Gasteiger partial charge in [-0.3, -0.25) is 0 Å². The molecule has 1 aromatic heterocycles. The van der Waals surface area contributed by atoms with Crippen LogP contribution in [-0.2, 0) is 6.54 Å². The van der Waals surface area contributed by atoms with Crippen molar-refractivity contribution in [2.45, 2.75) is 6.54 Å². The molecule has 2 N–H and O–H groups in total. The van der Waals surface area contributed by atoms with E-state index in [1.807, 2.05) is 18.3 Å². The zero-order valence-corrected chi connectivity index (χ0v) is 11.6. The summed E-state index contributed by atoms with van der Waals surface area (Å²) >= 11 is 12.0. The van der Waals surface area contributed by atoms with E-state index < -0.39 is 0 Å². The molecule has 0 saturated carbocycles. The molecule has 19 heavy (non-hydrogen) atoms. The van der Waals surface area contributed by atoms with E-state index in [1.165, 1.54) is 10.9 Å². The lowest BCUT2D eigenvalue weighted by Crippen LogP contribution is -1.99. The van der Waals surface area contributed by atoms with Gasteiger partial charge in [-0.25, -0.2) is 0 Å². The fraction of sp³-hybridized carbons (Fsp3) is 0.0667. The molecular formula is C15H12Cl2N2. The van der Waals surface area contributed by atoms with Crippen LogP contribution in [0.25, 0.3) is 10.9 Å². The van der Waals surface area contributed by atoms with Gasteiger partial charge in [0.2, 0.25) is 0 Å². The minimum Gasteiger partial charge on any atom is -0.380 e. The van der Waals surface area contributed by atoms with Crippen molar-refractivity contribution in [1.29, 1.82) is 0 Å². The minimum atomic E-state index is 0.634. The molecule has 0 bridgehead atoms. The van der Waals surface area contributed by atoms with Crippen molar-refractivity contribution in [2.75, 3.05) is 5.32 Å². The number of aromatic amines is 1. The highest BCUT2D eigenvalue weighted by molar-refractivity contribution is 6.36. The summed E-state index contributed by atoms with van der Waals surface area (Å²) < 4.78 is 0. The molecule has 0 spiro atoms. The van der Waals surface area contributed by atoms with Gasteiger partial charge in [-0.2, -0.15) is 0 Å². The van der Waals surface area contributed by atoms with Crippen molar-refractivity contribution in [3.63, 3.8) is 0 Å². The number of H-pyrrole nitrogens is 1. The first kappa shape index (κ1) is 12.4. The molecule has 0 fully saturated rings. The van der Waals surface area contributed by atoms with Crippen LogP contribution < -0.4 is 5.32 Å². The van der Waals surface area contributed by atoms with Crippen molar-refractivity contribution in [2.24, 2.45) is 0 Å². The monoisotopic (exact) mass is 290 g/mol. The van der Waals surface area contributed by atoms with Crippen LogP contribution in [0, 0.1) is 0 Å². The van der Waals surface area contributed by atoms with Crippen molar-refractivity contribution in [3.05, 3.63) is 64.3 Å². The Bertz CT molecular complexity index is 719. The van der Waals surface area contributed by atoms with Gasteiger partial charge in [-0.15, -0.1) is 0 Å². The molecule has 96 valence electrons. The van der Waals surface area contributed by atoms with Crippen molar-refractivity contribution >= 4 is 39.8 Å². The zero-order chi connectivity index (χ0) is 13.2. The SMILES string of the molecule is Clc1ccc(NCc2ccc3[nH]ccc3c2)c(Cl)c1. The van der Waals surface area contributed by atoms with Gasteiger partial charge < -0.3 is 10.3 Å². The summed E-state index contributed by atoms with van der Waals surface area (Å²) in [6, 6.07) is 13.8. The number of benzene rings is 2. The smallest absolute Gasteiger partial charge is 0.0652 e. The number of fused-ring (bicyclic) bond motifs is 1. The average Bonchev–Trinajstić information content (AvgIpc) is 2.85. The molecule has 0 aliphatic rings. The van der Waals surface area contributed by atoms with Crippen LogP contribution in [0.4, 0.5) is 5.69 Å². The van der Waals surface area contributed by atoms with Gasteiger partial charge in [0.15, 0.2) is 0 Å². The van der Waals surface area contributed by atoms with Gasteiger partial charge in [-0.1, -0.05) is 29.3 Å². The second-order valence-corrected chi connectivity index (χ2v) is 5.22. The molecule has 2 nitrogen and oxygen atoms in total. The standard InChI is InChI=1S/C15H12Cl2N2/c16-12-2-4-15(13(17)8-12)19-9-10-1-3-14-11(7-10)5-6-18-14/h1-8,18-19H,9H2. The average molecular weight is 291 g/mol. The minimum absolute atomic E-state index is 0.634. The lowest BCUT2D eigenvalue weighted by Gasteiger charge is -2.09. The highest BCUT2D eigenvalue weighted by Crippen LogP contribution is 2.26. The number of anilines is 1. The number of nitrogens with one attached hydrogen (secondary N) is 2. The molecule has 0 radical (unpaired) electrons. The fourth-order valence-electron chi connectivity index (χ4n) is 2.04. The summed E-state index contributed by atoms with van der Waals surface area (Å²) in [5.41, 5.74) is 3.24. The summed E-state index contributed by atoms with van der Waals surface area (Å²) in [7, 11) is 0. The summed E-state index contributed by atoms with van der Waals surface area (Å²) in [6.45, 7) is 0.725. The molecule has 0 amide bonds. The molecule has 0 aliphatic heterocycles. The third-order valence-corrected chi connectivity index (χ3v) is 3.58. The maximum Gasteiger partial charge on any atom is 0.0652 e. The van der Waals surface area contributed by atoms with Crippen molar-refractivity contribution in [3.8, 4) is 0 Å². The fourth-order valence-corrected chi connectivity index (χ4v) is 2.52. The Balaban J connectivity index is 1.77. The van der Waals surface area contributed by atoms with E-state index >= 15 is 0 Å². The molecule has 3 aromatic rings. The van der Waals surface area contributed by atoms with Gasteiger partial charge in [0.05, 0.1) is 10.7 Å². The van der Waals surface area contributed by atoms with Crippen LogP contribution in [0.15, 0.2) is 48.7 Å². The first-order chi connectivity index (χ1) is 9.22. The molecule has 0 aliphatic carbocycles. The summed E-state index contributed by atoms with van der Waals surface area (Å²) in [4.78, 5) is 3.18. The third-order valence-electron chi connectivity index (χ3n) is 3.03. The van der Waals surface area contributed by atoms with E-state index in [1.54, 1.807) is 6.07 Å². The molecular weight excluding hydrogens is 279 g/mol. The van der Waals surface area contributed by atoms with Crippen LogP contribution in [-0.4, -0.2) is 4.98 Å². The quantitative estimate of drug-likeness (QED) is 0.691. The predicted octanol–water partition coefficient (Wildman–Crippen LogP) is 5.09. The van der Waals surface area contributed by atoms with E-state index in [0.29, 0.717) is 10.0 Å². The number of hydrogen-bond donors (Lipinski definition) is 2. The normalized spacial score (nSPS) is 10.8. The van der Waals surface area contributed by atoms with Gasteiger partial charge in [0.25, 0.3) is 0 Å². The Morgan fingerprint density at radius 1 is 1.00 bits per heavy atom. The van der Waals surface area contributed by atoms with Crippen LogP contribution >= 0.6 is 23.2 Å². The first-order valence-electron chi connectivity index (χ1n) is 5.97. The van der Waals surface area contributed by atoms with E-state index in [9.17, 15) is 0 Å². The van der Waals surface area contributed by atoms with Crippen LogP contribution in [0.5, 0.6) is 0 Å². The first-order valence-corrected chi connectivity index (χ1v) is 6.73. The van der Waals surface area contributed by atoms with Crippen molar-refractivity contribution < 1.29 is 0 Å². The lowest BCUT2D eigenvalue weighted by atomic mass is 10.1.